The third-order valence-corrected chi connectivity index (χ3v) is 3.21. The maximum Gasteiger partial charge on any atom is 0.125 e. The van der Waals surface area contributed by atoms with E-state index in [4.69, 9.17) is 23.2 Å². The Kier molecular flexibility index (Phi) is 2.20. The third-order valence-electron chi connectivity index (χ3n) is 2.37. The molecule has 2 nitrogen and oxygen atoms in total. The van der Waals surface area contributed by atoms with Crippen LogP contribution in [-0.2, 0) is 0 Å². The first kappa shape index (κ1) is 9.81. The average Bonchev–Trinajstić information content (AvgIpc) is 2.75. The van der Waals surface area contributed by atoms with Gasteiger partial charge < -0.3 is 9.90 Å². The van der Waals surface area contributed by atoms with Gasteiger partial charge in [-0.25, -0.2) is 0 Å². The molecule has 0 saturated heterocycles. The number of carbonyl (C=O) groups is 1. The number of carboxylic acid groups (broad SMARTS) is 1. The Balaban J connectivity index is 2.20. The first-order valence-corrected chi connectivity index (χ1v) is 4.95. The van der Waals surface area contributed by atoms with Crippen LogP contribution in [0.5, 0.6) is 0 Å². The van der Waals surface area contributed by atoms with Crippen molar-refractivity contribution in [3.05, 3.63) is 35.4 Å². The highest BCUT2D eigenvalue weighted by molar-refractivity contribution is 6.51. The van der Waals surface area contributed by atoms with E-state index in [9.17, 15) is 9.90 Å². The first-order valence-electron chi connectivity index (χ1n) is 4.20. The molecule has 14 heavy (non-hydrogen) atoms. The maximum atomic E-state index is 10.5. The summed E-state index contributed by atoms with van der Waals surface area (Å²) in [5, 5.41) is 10.5. The number of alkyl halides is 2. The molecule has 1 aromatic carbocycles. The van der Waals surface area contributed by atoms with Crippen molar-refractivity contribution in [3.63, 3.8) is 0 Å². The Morgan fingerprint density at radius 3 is 2.21 bits per heavy atom. The van der Waals surface area contributed by atoms with E-state index in [1.54, 1.807) is 12.1 Å². The lowest BCUT2D eigenvalue weighted by Crippen LogP contribution is -2.21. The van der Waals surface area contributed by atoms with Gasteiger partial charge in [0.05, 0.1) is 5.97 Å². The van der Waals surface area contributed by atoms with Crippen LogP contribution in [0.4, 0.5) is 0 Å². The predicted molar refractivity (Wildman–Crippen MR) is 52.6 cm³/mol. The number of carbonyl (C=O) groups excluding carboxylic acids is 1. The Labute approximate surface area is 91.4 Å². The second-order valence-corrected chi connectivity index (χ2v) is 4.97. The van der Waals surface area contributed by atoms with E-state index in [-0.39, 0.29) is 11.5 Å². The van der Waals surface area contributed by atoms with Gasteiger partial charge in [0.15, 0.2) is 0 Å². The summed E-state index contributed by atoms with van der Waals surface area (Å²) in [6.45, 7) is 0. The summed E-state index contributed by atoms with van der Waals surface area (Å²) in [7, 11) is 0. The molecule has 74 valence electrons. The molecule has 0 radical (unpaired) electrons. The number of aromatic carboxylic acids is 1. The van der Waals surface area contributed by atoms with Gasteiger partial charge in [-0.05, 0) is 17.5 Å². The highest BCUT2D eigenvalue weighted by Gasteiger charge is 2.52. The molecule has 4 heteroatoms. The highest BCUT2D eigenvalue weighted by Crippen LogP contribution is 2.59. The lowest BCUT2D eigenvalue weighted by atomic mass is 10.1. The average molecular weight is 230 g/mol. The molecule has 0 heterocycles. The van der Waals surface area contributed by atoms with E-state index in [0.717, 1.165) is 12.0 Å². The monoisotopic (exact) mass is 229 g/mol. The molecule has 0 bridgehead atoms. The molecule has 0 amide bonds. The van der Waals surface area contributed by atoms with Gasteiger partial charge in [-0.2, -0.15) is 0 Å². The van der Waals surface area contributed by atoms with Gasteiger partial charge in [0.2, 0.25) is 0 Å². The molecule has 0 unspecified atom stereocenters. The molecule has 1 atom stereocenters. The molecular weight excluding hydrogens is 223 g/mol. The fourth-order valence-electron chi connectivity index (χ4n) is 1.43. The van der Waals surface area contributed by atoms with Crippen molar-refractivity contribution in [2.45, 2.75) is 16.7 Å². The van der Waals surface area contributed by atoms with Gasteiger partial charge in [0.1, 0.15) is 4.33 Å². The van der Waals surface area contributed by atoms with Gasteiger partial charge in [-0.1, -0.05) is 24.3 Å². The van der Waals surface area contributed by atoms with Crippen molar-refractivity contribution in [3.8, 4) is 0 Å². The van der Waals surface area contributed by atoms with Crippen LogP contribution in [-0.4, -0.2) is 10.3 Å². The number of halogens is 2. The number of carboxylic acids is 1. The summed E-state index contributed by atoms with van der Waals surface area (Å²) in [5.74, 6) is -1.04. The van der Waals surface area contributed by atoms with E-state index < -0.39 is 10.3 Å². The van der Waals surface area contributed by atoms with E-state index in [1.165, 1.54) is 12.1 Å². The SMILES string of the molecule is O=C([O-])c1ccc([C@@H]2CC2(Cl)Cl)cc1. The molecule has 1 aliphatic rings. The van der Waals surface area contributed by atoms with Gasteiger partial charge in [-0.3, -0.25) is 0 Å². The molecule has 0 aromatic heterocycles. The molecular formula is C10H7Cl2O2-. The van der Waals surface area contributed by atoms with E-state index in [0.29, 0.717) is 0 Å². The number of hydrogen-bond donors (Lipinski definition) is 0. The molecule has 0 spiro atoms. The Morgan fingerprint density at radius 2 is 1.86 bits per heavy atom. The summed E-state index contributed by atoms with van der Waals surface area (Å²) in [5.41, 5.74) is 1.14. The van der Waals surface area contributed by atoms with E-state index in [1.807, 2.05) is 0 Å². The first-order chi connectivity index (χ1) is 6.50. The standard InChI is InChI=1S/C10H8Cl2O2/c11-10(12)5-8(10)6-1-3-7(4-2-6)9(13)14/h1-4,8H,5H2,(H,13,14)/p-1/t8-/m0/s1. The Hall–Kier alpha value is -0.730. The van der Waals surface area contributed by atoms with Gasteiger partial charge >= 0.3 is 0 Å². The summed E-state index contributed by atoms with van der Waals surface area (Å²) < 4.78 is -0.664. The largest absolute Gasteiger partial charge is 0.545 e. The highest BCUT2D eigenvalue weighted by atomic mass is 35.5. The molecule has 1 aromatic rings. The molecule has 1 fully saturated rings. The minimum Gasteiger partial charge on any atom is -0.545 e. The lowest BCUT2D eigenvalue weighted by Gasteiger charge is -2.04. The Bertz CT molecular complexity index is 370. The minimum absolute atomic E-state index is 0.127. The normalized spacial score (nSPS) is 23.1. The lowest BCUT2D eigenvalue weighted by molar-refractivity contribution is -0.255. The second kappa shape index (κ2) is 3.14. The van der Waals surface area contributed by atoms with Crippen molar-refractivity contribution in [2.24, 2.45) is 0 Å². The van der Waals surface area contributed by atoms with Crippen molar-refractivity contribution < 1.29 is 9.90 Å². The summed E-state index contributed by atoms with van der Waals surface area (Å²) in [4.78, 5) is 10.5. The Morgan fingerprint density at radius 1 is 1.36 bits per heavy atom. The zero-order chi connectivity index (χ0) is 10.3. The van der Waals surface area contributed by atoms with Gasteiger partial charge in [0.25, 0.3) is 0 Å². The van der Waals surface area contributed by atoms with Gasteiger partial charge in [0, 0.05) is 5.92 Å². The fourth-order valence-corrected chi connectivity index (χ4v) is 1.99. The summed E-state index contributed by atoms with van der Waals surface area (Å²) in [6, 6.07) is 6.46. The number of rotatable bonds is 2. The topological polar surface area (TPSA) is 40.1 Å². The molecule has 0 aliphatic heterocycles. The predicted octanol–water partition coefficient (Wildman–Crippen LogP) is 1.71. The van der Waals surface area contributed by atoms with Crippen LogP contribution in [0, 0.1) is 0 Å². The summed E-state index contributed by atoms with van der Waals surface area (Å²) in [6.07, 6.45) is 0.723. The zero-order valence-electron chi connectivity index (χ0n) is 7.17. The van der Waals surface area contributed by atoms with Crippen molar-refractivity contribution >= 4 is 29.2 Å². The molecule has 2 rings (SSSR count). The minimum atomic E-state index is -1.17. The second-order valence-electron chi connectivity index (χ2n) is 3.43. The number of hydrogen-bond acceptors (Lipinski definition) is 2. The molecule has 1 aliphatic carbocycles. The summed E-state index contributed by atoms with van der Waals surface area (Å²) >= 11 is 11.8. The van der Waals surface area contributed by atoms with E-state index >= 15 is 0 Å². The third kappa shape index (κ3) is 1.72. The van der Waals surface area contributed by atoms with Crippen LogP contribution in [0.25, 0.3) is 0 Å². The van der Waals surface area contributed by atoms with Crippen LogP contribution in [0.2, 0.25) is 0 Å². The van der Waals surface area contributed by atoms with Crippen molar-refractivity contribution in [2.75, 3.05) is 0 Å². The zero-order valence-corrected chi connectivity index (χ0v) is 8.68. The molecule has 0 N–H and O–H groups in total. The van der Waals surface area contributed by atoms with Crippen molar-refractivity contribution in [1.82, 2.24) is 0 Å². The van der Waals surface area contributed by atoms with E-state index in [2.05, 4.69) is 0 Å². The van der Waals surface area contributed by atoms with Crippen LogP contribution < -0.4 is 5.11 Å². The fraction of sp³-hybridized carbons (Fsp3) is 0.300. The van der Waals surface area contributed by atoms with Gasteiger partial charge in [-0.15, -0.1) is 23.2 Å². The van der Waals surface area contributed by atoms with Crippen LogP contribution >= 0.6 is 23.2 Å². The van der Waals surface area contributed by atoms with Crippen molar-refractivity contribution in [1.29, 1.82) is 0 Å². The van der Waals surface area contributed by atoms with Crippen LogP contribution in [0.3, 0.4) is 0 Å². The number of benzene rings is 1. The molecule has 1 saturated carbocycles. The smallest absolute Gasteiger partial charge is 0.125 e. The van der Waals surface area contributed by atoms with Crippen LogP contribution in [0.1, 0.15) is 28.3 Å². The van der Waals surface area contributed by atoms with Crippen LogP contribution in [0.15, 0.2) is 24.3 Å². The quantitative estimate of drug-likeness (QED) is 0.725. The maximum absolute atomic E-state index is 10.5.